The number of thioether (sulfide) groups is 1. The van der Waals surface area contributed by atoms with E-state index >= 15 is 0 Å². The van der Waals surface area contributed by atoms with Crippen LogP contribution in [0.5, 0.6) is 0 Å². The van der Waals surface area contributed by atoms with Gasteiger partial charge in [-0.05, 0) is 32.8 Å². The molecule has 1 N–H and O–H groups in total. The third-order valence-electron chi connectivity index (χ3n) is 4.83. The van der Waals surface area contributed by atoms with Gasteiger partial charge in [-0.25, -0.2) is 9.67 Å². The Kier molecular flexibility index (Phi) is 5.11. The number of aromatic nitrogens is 6. The molecular weight excluding hydrogens is 362 g/mol. The monoisotopic (exact) mass is 385 g/mol. The molecule has 9 heteroatoms. The molecule has 1 aliphatic carbocycles. The van der Waals surface area contributed by atoms with E-state index in [1.54, 1.807) is 6.20 Å². The van der Waals surface area contributed by atoms with Crippen molar-refractivity contribution in [3.05, 3.63) is 29.7 Å². The van der Waals surface area contributed by atoms with E-state index < -0.39 is 0 Å². The molecule has 1 fully saturated rings. The molecule has 8 nitrogen and oxygen atoms in total. The van der Waals surface area contributed by atoms with E-state index in [0.717, 1.165) is 35.2 Å². The highest BCUT2D eigenvalue weighted by Gasteiger charge is 2.20. The molecule has 0 bridgehead atoms. The lowest BCUT2D eigenvalue weighted by molar-refractivity contribution is -0.115. The van der Waals surface area contributed by atoms with Crippen molar-refractivity contribution in [3.63, 3.8) is 0 Å². The van der Waals surface area contributed by atoms with Crippen molar-refractivity contribution in [2.45, 2.75) is 57.1 Å². The minimum absolute atomic E-state index is 0.0123. The topological polar surface area (TPSA) is 90.0 Å². The number of hydrogen-bond donors (Lipinski definition) is 1. The Balaban J connectivity index is 1.35. The summed E-state index contributed by atoms with van der Waals surface area (Å²) in [7, 11) is 0. The van der Waals surface area contributed by atoms with E-state index in [2.05, 4.69) is 25.6 Å². The molecule has 1 saturated carbocycles. The first-order valence-corrected chi connectivity index (χ1v) is 10.3. The summed E-state index contributed by atoms with van der Waals surface area (Å²) in [5.41, 5.74) is 1.96. The van der Waals surface area contributed by atoms with Crippen molar-refractivity contribution in [2.75, 3.05) is 11.1 Å². The fourth-order valence-corrected chi connectivity index (χ4v) is 4.51. The van der Waals surface area contributed by atoms with Crippen LogP contribution >= 0.6 is 11.8 Å². The molecule has 27 heavy (non-hydrogen) atoms. The van der Waals surface area contributed by atoms with Crippen molar-refractivity contribution >= 4 is 29.3 Å². The Labute approximate surface area is 161 Å². The van der Waals surface area contributed by atoms with Crippen molar-refractivity contribution in [2.24, 2.45) is 0 Å². The lowest BCUT2D eigenvalue weighted by atomic mass is 10.2. The van der Waals surface area contributed by atoms with E-state index in [1.165, 1.54) is 24.6 Å². The van der Waals surface area contributed by atoms with Gasteiger partial charge in [0, 0.05) is 29.6 Å². The van der Waals surface area contributed by atoms with Gasteiger partial charge in [-0.3, -0.25) is 9.20 Å². The third-order valence-corrected chi connectivity index (χ3v) is 5.76. The summed E-state index contributed by atoms with van der Waals surface area (Å²) in [6.07, 6.45) is 6.88. The summed E-state index contributed by atoms with van der Waals surface area (Å²) in [6.45, 7) is 3.95. The van der Waals surface area contributed by atoms with Crippen molar-refractivity contribution < 1.29 is 4.79 Å². The van der Waals surface area contributed by atoms with Crippen LogP contribution in [0.15, 0.2) is 23.5 Å². The van der Waals surface area contributed by atoms with E-state index in [0.29, 0.717) is 24.0 Å². The molecule has 0 spiro atoms. The average Bonchev–Trinajstić information content (AvgIpc) is 3.35. The van der Waals surface area contributed by atoms with Crippen molar-refractivity contribution in [1.29, 1.82) is 0 Å². The van der Waals surface area contributed by atoms with Crippen LogP contribution in [-0.4, -0.2) is 41.0 Å². The van der Waals surface area contributed by atoms with Gasteiger partial charge in [0.1, 0.15) is 5.82 Å². The minimum Gasteiger partial charge on any atom is -0.311 e. The van der Waals surface area contributed by atoms with Crippen LogP contribution in [0.4, 0.5) is 5.82 Å². The molecule has 0 aromatic carbocycles. The van der Waals surface area contributed by atoms with Crippen LogP contribution in [-0.2, 0) is 4.79 Å². The zero-order chi connectivity index (χ0) is 18.8. The number of rotatable bonds is 6. The molecule has 0 saturated heterocycles. The van der Waals surface area contributed by atoms with Crippen LogP contribution < -0.4 is 5.32 Å². The largest absolute Gasteiger partial charge is 0.311 e. The molecule has 3 heterocycles. The zero-order valence-electron chi connectivity index (χ0n) is 15.6. The quantitative estimate of drug-likeness (QED) is 0.656. The first kappa shape index (κ1) is 18.0. The molecule has 0 aliphatic heterocycles. The number of aryl methyl sites for hydroxylation is 2. The second-order valence-corrected chi connectivity index (χ2v) is 7.96. The first-order chi connectivity index (χ1) is 13.1. The number of anilines is 1. The van der Waals surface area contributed by atoms with E-state index in [1.807, 2.05) is 35.1 Å². The fourth-order valence-electron chi connectivity index (χ4n) is 3.59. The Hall–Kier alpha value is -2.42. The van der Waals surface area contributed by atoms with E-state index in [-0.39, 0.29) is 5.91 Å². The van der Waals surface area contributed by atoms with Gasteiger partial charge in [-0.15, -0.1) is 10.2 Å². The second-order valence-electron chi connectivity index (χ2n) is 6.90. The summed E-state index contributed by atoms with van der Waals surface area (Å²) in [4.78, 5) is 16.7. The molecule has 0 atom stereocenters. The van der Waals surface area contributed by atoms with Gasteiger partial charge in [0.15, 0.2) is 5.16 Å². The van der Waals surface area contributed by atoms with E-state index in [4.69, 9.17) is 0 Å². The second kappa shape index (κ2) is 7.67. The van der Waals surface area contributed by atoms with Crippen LogP contribution in [0, 0.1) is 13.8 Å². The summed E-state index contributed by atoms with van der Waals surface area (Å²) in [5, 5.41) is 16.5. The minimum atomic E-state index is -0.0123. The highest BCUT2D eigenvalue weighted by atomic mass is 32.2. The lowest BCUT2D eigenvalue weighted by Gasteiger charge is -2.14. The van der Waals surface area contributed by atoms with Crippen molar-refractivity contribution in [1.82, 2.24) is 29.4 Å². The highest BCUT2D eigenvalue weighted by molar-refractivity contribution is 7.99. The summed E-state index contributed by atoms with van der Waals surface area (Å²) < 4.78 is 3.88. The lowest BCUT2D eigenvalue weighted by Crippen LogP contribution is -2.18. The SMILES string of the molecule is Cc1cc(C)n2c(SCCC(=O)Nc3ccnn3C3CCCC3)nnc2n1. The van der Waals surface area contributed by atoms with Gasteiger partial charge in [0.2, 0.25) is 5.91 Å². The number of hydrogen-bond acceptors (Lipinski definition) is 6. The third kappa shape index (κ3) is 3.83. The zero-order valence-corrected chi connectivity index (χ0v) is 16.4. The number of fused-ring (bicyclic) bond motifs is 1. The molecule has 0 radical (unpaired) electrons. The number of carbonyl (C=O) groups excluding carboxylic acids is 1. The normalized spacial score (nSPS) is 14.9. The molecule has 1 amide bonds. The average molecular weight is 385 g/mol. The predicted molar refractivity (Wildman–Crippen MR) is 104 cm³/mol. The maximum absolute atomic E-state index is 12.4. The summed E-state index contributed by atoms with van der Waals surface area (Å²) >= 11 is 1.51. The van der Waals surface area contributed by atoms with Crippen molar-refractivity contribution in [3.8, 4) is 0 Å². The predicted octanol–water partition coefficient (Wildman–Crippen LogP) is 3.17. The first-order valence-electron chi connectivity index (χ1n) is 9.27. The molecular formula is C18H23N7OS. The van der Waals surface area contributed by atoms with Crippen LogP contribution in [0.25, 0.3) is 5.78 Å². The van der Waals surface area contributed by atoms with Gasteiger partial charge in [0.05, 0.1) is 12.2 Å². The summed E-state index contributed by atoms with van der Waals surface area (Å²) in [6, 6.07) is 4.27. The van der Waals surface area contributed by atoms with Gasteiger partial charge in [-0.1, -0.05) is 24.6 Å². The van der Waals surface area contributed by atoms with Gasteiger partial charge < -0.3 is 5.32 Å². The number of amides is 1. The van der Waals surface area contributed by atoms with E-state index in [9.17, 15) is 4.79 Å². The Bertz CT molecular complexity index is 958. The molecule has 1 aliphatic rings. The summed E-state index contributed by atoms with van der Waals surface area (Å²) in [5.74, 6) is 2.00. The van der Waals surface area contributed by atoms with Crippen LogP contribution in [0.2, 0.25) is 0 Å². The molecule has 3 aromatic rings. The molecule has 3 aromatic heterocycles. The number of carbonyl (C=O) groups is 1. The number of nitrogens with one attached hydrogen (secondary N) is 1. The molecule has 4 rings (SSSR count). The highest BCUT2D eigenvalue weighted by Crippen LogP contribution is 2.31. The standard InChI is InChI=1S/C18H23N7OS/c1-12-11-13(2)24-17(20-12)22-23-18(24)27-10-8-16(26)21-15-7-9-19-25(15)14-5-3-4-6-14/h7,9,11,14H,3-6,8,10H2,1-2H3,(H,21,26). The Morgan fingerprint density at radius 2 is 2.11 bits per heavy atom. The van der Waals surface area contributed by atoms with Gasteiger partial charge in [0.25, 0.3) is 5.78 Å². The Morgan fingerprint density at radius 3 is 2.93 bits per heavy atom. The van der Waals surface area contributed by atoms with Gasteiger partial charge >= 0.3 is 0 Å². The molecule has 0 unspecified atom stereocenters. The fraction of sp³-hybridized carbons (Fsp3) is 0.500. The van der Waals surface area contributed by atoms with Crippen LogP contribution in [0.3, 0.4) is 0 Å². The smallest absolute Gasteiger partial charge is 0.256 e. The van der Waals surface area contributed by atoms with Crippen LogP contribution in [0.1, 0.15) is 49.5 Å². The maximum Gasteiger partial charge on any atom is 0.256 e. The maximum atomic E-state index is 12.4. The Morgan fingerprint density at radius 1 is 1.30 bits per heavy atom. The molecule has 142 valence electrons. The number of nitrogens with zero attached hydrogens (tertiary/aromatic N) is 6. The van der Waals surface area contributed by atoms with Gasteiger partial charge in [-0.2, -0.15) is 5.10 Å².